The van der Waals surface area contributed by atoms with E-state index in [1.807, 2.05) is 22.6 Å². The van der Waals surface area contributed by atoms with Crippen molar-refractivity contribution in [3.05, 3.63) is 72.6 Å². The van der Waals surface area contributed by atoms with Crippen LogP contribution in [0.2, 0.25) is 0 Å². The van der Waals surface area contributed by atoms with Gasteiger partial charge in [-0.15, -0.1) is 0 Å². The SMILES string of the molecule is Cc1c(CC(=O)O)c(=O)oc2c(I)c(OCCc3cccc(C(F)(F)F)c3)ccc12. The summed E-state index contributed by atoms with van der Waals surface area (Å²) in [6, 6.07) is 8.37. The molecule has 1 aromatic heterocycles. The maximum atomic E-state index is 12.8. The van der Waals surface area contributed by atoms with E-state index in [1.165, 1.54) is 6.07 Å². The molecule has 0 aliphatic carbocycles. The molecule has 0 amide bonds. The smallest absolute Gasteiger partial charge is 0.416 e. The molecule has 0 fully saturated rings. The lowest BCUT2D eigenvalue weighted by Gasteiger charge is -2.13. The van der Waals surface area contributed by atoms with Crippen LogP contribution >= 0.6 is 22.6 Å². The number of benzene rings is 2. The van der Waals surface area contributed by atoms with Crippen LogP contribution in [0.1, 0.15) is 22.3 Å². The number of alkyl halides is 3. The fourth-order valence-corrected chi connectivity index (χ4v) is 3.79. The van der Waals surface area contributed by atoms with Crippen LogP contribution in [-0.4, -0.2) is 17.7 Å². The maximum absolute atomic E-state index is 12.8. The Morgan fingerprint density at radius 2 is 1.97 bits per heavy atom. The number of halogens is 4. The van der Waals surface area contributed by atoms with Crippen molar-refractivity contribution in [3.63, 3.8) is 0 Å². The third-order valence-corrected chi connectivity index (χ3v) is 5.61. The average Bonchev–Trinajstić information content (AvgIpc) is 2.67. The van der Waals surface area contributed by atoms with Gasteiger partial charge in [0.15, 0.2) is 5.58 Å². The van der Waals surface area contributed by atoms with E-state index in [2.05, 4.69) is 0 Å². The van der Waals surface area contributed by atoms with Crippen molar-refractivity contribution >= 4 is 39.5 Å². The Bertz CT molecular complexity index is 1170. The molecule has 9 heteroatoms. The average molecular weight is 532 g/mol. The maximum Gasteiger partial charge on any atom is 0.416 e. The summed E-state index contributed by atoms with van der Waals surface area (Å²) in [5, 5.41) is 9.57. The zero-order valence-corrected chi connectivity index (χ0v) is 17.8. The molecule has 0 aliphatic heterocycles. The zero-order chi connectivity index (χ0) is 22.1. The second kappa shape index (κ2) is 8.66. The van der Waals surface area contributed by atoms with Gasteiger partial charge in [-0.2, -0.15) is 13.2 Å². The van der Waals surface area contributed by atoms with Crippen LogP contribution in [-0.2, 0) is 23.8 Å². The van der Waals surface area contributed by atoms with Crippen LogP contribution in [0.15, 0.2) is 45.6 Å². The molecule has 0 saturated heterocycles. The minimum Gasteiger partial charge on any atom is -0.492 e. The van der Waals surface area contributed by atoms with Gasteiger partial charge >= 0.3 is 17.8 Å². The number of rotatable bonds is 6. The standard InChI is InChI=1S/C21H16F3IO5/c1-11-14-5-6-16(18(25)19(14)30-20(28)15(11)10-17(26)27)29-8-7-12-3-2-4-13(9-12)21(22,23)24/h2-6,9H,7-8,10H2,1H3,(H,26,27). The second-order valence-corrected chi connectivity index (χ2v) is 7.69. The molecule has 3 rings (SSSR count). The number of ether oxygens (including phenoxy) is 1. The first kappa shape index (κ1) is 22.1. The minimum atomic E-state index is -4.40. The van der Waals surface area contributed by atoms with E-state index in [1.54, 1.807) is 25.1 Å². The monoisotopic (exact) mass is 532 g/mol. The number of carboxylic acids is 1. The second-order valence-electron chi connectivity index (χ2n) is 6.61. The fourth-order valence-electron chi connectivity index (χ4n) is 3.05. The highest BCUT2D eigenvalue weighted by atomic mass is 127. The van der Waals surface area contributed by atoms with Crippen LogP contribution in [0.5, 0.6) is 5.75 Å². The largest absolute Gasteiger partial charge is 0.492 e. The summed E-state index contributed by atoms with van der Waals surface area (Å²) >= 11 is 1.96. The third-order valence-electron chi connectivity index (χ3n) is 4.59. The van der Waals surface area contributed by atoms with Gasteiger partial charge in [-0.1, -0.05) is 18.2 Å². The summed E-state index contributed by atoms with van der Waals surface area (Å²) in [5.41, 5.74) is -0.0534. The Kier molecular flexibility index (Phi) is 6.39. The highest BCUT2D eigenvalue weighted by molar-refractivity contribution is 14.1. The number of fused-ring (bicyclic) bond motifs is 1. The molecule has 1 N–H and O–H groups in total. The molecule has 5 nitrogen and oxygen atoms in total. The fraction of sp³-hybridized carbons (Fsp3) is 0.238. The Hall–Kier alpha value is -2.56. The van der Waals surface area contributed by atoms with E-state index in [9.17, 15) is 22.8 Å². The minimum absolute atomic E-state index is 0.0871. The number of carboxylic acid groups (broad SMARTS) is 1. The number of hydrogen-bond acceptors (Lipinski definition) is 4. The van der Waals surface area contributed by atoms with Gasteiger partial charge in [-0.25, -0.2) is 4.79 Å². The Labute approximate surface area is 182 Å². The first-order valence-corrected chi connectivity index (χ1v) is 9.91. The highest BCUT2D eigenvalue weighted by Crippen LogP contribution is 2.32. The van der Waals surface area contributed by atoms with E-state index >= 15 is 0 Å². The molecule has 0 saturated carbocycles. The predicted octanol–water partition coefficient (Wildman–Crippen LogP) is 4.97. The van der Waals surface area contributed by atoms with E-state index in [-0.39, 0.29) is 24.2 Å². The topological polar surface area (TPSA) is 76.7 Å². The normalized spacial score (nSPS) is 11.6. The number of aryl methyl sites for hydroxylation is 1. The summed E-state index contributed by atoms with van der Waals surface area (Å²) in [4.78, 5) is 23.2. The van der Waals surface area contributed by atoms with Crippen LogP contribution in [0.4, 0.5) is 13.2 Å². The first-order valence-electron chi connectivity index (χ1n) is 8.83. The van der Waals surface area contributed by atoms with E-state index in [0.29, 0.717) is 25.8 Å². The molecular formula is C21H16F3IO5. The third kappa shape index (κ3) is 4.77. The van der Waals surface area contributed by atoms with Crippen molar-refractivity contribution < 1.29 is 32.2 Å². The summed E-state index contributed by atoms with van der Waals surface area (Å²) < 4.78 is 50.0. The highest BCUT2D eigenvalue weighted by Gasteiger charge is 2.30. The van der Waals surface area contributed by atoms with Gasteiger partial charge < -0.3 is 14.3 Å². The van der Waals surface area contributed by atoms with Crippen molar-refractivity contribution in [2.75, 3.05) is 6.61 Å². The number of carbonyl (C=O) groups is 1. The van der Waals surface area contributed by atoms with Crippen molar-refractivity contribution in [1.29, 1.82) is 0 Å². The Balaban J connectivity index is 1.82. The Morgan fingerprint density at radius 3 is 2.63 bits per heavy atom. The lowest BCUT2D eigenvalue weighted by atomic mass is 10.0. The molecule has 1 heterocycles. The summed E-state index contributed by atoms with van der Waals surface area (Å²) in [5.74, 6) is -0.711. The quantitative estimate of drug-likeness (QED) is 0.359. The van der Waals surface area contributed by atoms with E-state index < -0.39 is 29.8 Å². The lowest BCUT2D eigenvalue weighted by Crippen LogP contribution is -2.15. The van der Waals surface area contributed by atoms with Gasteiger partial charge in [0.2, 0.25) is 0 Å². The summed E-state index contributed by atoms with van der Waals surface area (Å²) in [6.07, 6.45) is -4.58. The van der Waals surface area contributed by atoms with Gasteiger partial charge in [-0.3, -0.25) is 4.79 Å². The molecule has 0 bridgehead atoms. The molecule has 0 radical (unpaired) electrons. The summed E-state index contributed by atoms with van der Waals surface area (Å²) in [6.45, 7) is 1.78. The molecule has 2 aromatic carbocycles. The molecule has 0 aliphatic rings. The predicted molar refractivity (Wildman–Crippen MR) is 112 cm³/mol. The first-order chi connectivity index (χ1) is 14.1. The van der Waals surface area contributed by atoms with Crippen LogP contribution < -0.4 is 10.4 Å². The summed E-state index contributed by atoms with van der Waals surface area (Å²) in [7, 11) is 0. The van der Waals surface area contributed by atoms with Crippen molar-refractivity contribution in [1.82, 2.24) is 0 Å². The molecule has 0 atom stereocenters. The van der Waals surface area contributed by atoms with E-state index in [0.717, 1.165) is 12.1 Å². The van der Waals surface area contributed by atoms with Crippen LogP contribution in [0.25, 0.3) is 11.0 Å². The van der Waals surface area contributed by atoms with E-state index in [4.69, 9.17) is 14.3 Å². The Morgan fingerprint density at radius 1 is 1.23 bits per heavy atom. The molecular weight excluding hydrogens is 516 g/mol. The van der Waals surface area contributed by atoms with Crippen molar-refractivity contribution in [2.45, 2.75) is 25.9 Å². The number of hydrogen-bond donors (Lipinski definition) is 1. The van der Waals surface area contributed by atoms with Crippen molar-refractivity contribution in [2.24, 2.45) is 0 Å². The van der Waals surface area contributed by atoms with Gasteiger partial charge in [0, 0.05) is 11.8 Å². The van der Waals surface area contributed by atoms with Gasteiger partial charge in [0.25, 0.3) is 0 Å². The van der Waals surface area contributed by atoms with Gasteiger partial charge in [0.1, 0.15) is 5.75 Å². The van der Waals surface area contributed by atoms with Crippen LogP contribution in [0.3, 0.4) is 0 Å². The lowest BCUT2D eigenvalue weighted by molar-refractivity contribution is -0.138. The zero-order valence-electron chi connectivity index (χ0n) is 15.7. The molecule has 0 spiro atoms. The van der Waals surface area contributed by atoms with Crippen molar-refractivity contribution in [3.8, 4) is 5.75 Å². The van der Waals surface area contributed by atoms with Gasteiger partial charge in [0.05, 0.1) is 27.7 Å². The van der Waals surface area contributed by atoms with Gasteiger partial charge in [-0.05, 0) is 58.8 Å². The van der Waals surface area contributed by atoms with Crippen LogP contribution in [0, 0.1) is 10.5 Å². The molecule has 3 aromatic rings. The molecule has 158 valence electrons. The molecule has 30 heavy (non-hydrogen) atoms. The molecule has 0 unspecified atom stereocenters. The number of aliphatic carboxylic acids is 1.